The minimum absolute atomic E-state index is 0.184. The highest BCUT2D eigenvalue weighted by Crippen LogP contribution is 2.25. The van der Waals surface area contributed by atoms with Crippen LogP contribution in [-0.4, -0.2) is 15.3 Å². The number of aryl methyl sites for hydroxylation is 1. The average Bonchev–Trinajstić information content (AvgIpc) is 3.06. The highest BCUT2D eigenvalue weighted by atomic mass is 35.5. The van der Waals surface area contributed by atoms with Gasteiger partial charge in [-0.25, -0.2) is 4.98 Å². The maximum absolute atomic E-state index is 12.8. The summed E-state index contributed by atoms with van der Waals surface area (Å²) in [4.78, 5) is 17.4. The van der Waals surface area contributed by atoms with Gasteiger partial charge >= 0.3 is 0 Å². The fourth-order valence-electron chi connectivity index (χ4n) is 2.87. The van der Waals surface area contributed by atoms with E-state index in [1.54, 1.807) is 30.3 Å². The van der Waals surface area contributed by atoms with Crippen LogP contribution in [-0.2, 0) is 0 Å². The molecule has 4 rings (SSSR count). The van der Waals surface area contributed by atoms with Crippen molar-refractivity contribution in [2.75, 3.05) is 5.32 Å². The first-order valence-electron chi connectivity index (χ1n) is 8.22. The van der Waals surface area contributed by atoms with Crippen LogP contribution in [0.3, 0.4) is 0 Å². The van der Waals surface area contributed by atoms with Crippen molar-refractivity contribution in [3.8, 4) is 11.3 Å². The van der Waals surface area contributed by atoms with Crippen LogP contribution in [0.2, 0.25) is 5.02 Å². The minimum Gasteiger partial charge on any atom is -0.322 e. The molecule has 0 bridgehead atoms. The second kappa shape index (κ2) is 6.65. The molecule has 5 heteroatoms. The van der Waals surface area contributed by atoms with Gasteiger partial charge < -0.3 is 9.72 Å². The van der Waals surface area contributed by atoms with Crippen LogP contribution in [0.15, 0.2) is 73.1 Å². The first-order chi connectivity index (χ1) is 12.6. The molecule has 0 unspecified atom stereocenters. The van der Waals surface area contributed by atoms with Gasteiger partial charge in [-0.15, -0.1) is 0 Å². The van der Waals surface area contributed by atoms with Gasteiger partial charge in [0, 0.05) is 34.2 Å². The Balaban J connectivity index is 1.71. The number of anilines is 1. The molecule has 0 fully saturated rings. The van der Waals surface area contributed by atoms with Gasteiger partial charge in [0.25, 0.3) is 5.91 Å². The fraction of sp³-hybridized carbons (Fsp3) is 0.0476. The van der Waals surface area contributed by atoms with Crippen LogP contribution in [0.4, 0.5) is 5.69 Å². The van der Waals surface area contributed by atoms with Gasteiger partial charge in [-0.2, -0.15) is 0 Å². The third-order valence-corrected chi connectivity index (χ3v) is 4.40. The molecular weight excluding hydrogens is 346 g/mol. The zero-order valence-corrected chi connectivity index (χ0v) is 14.9. The number of nitrogens with one attached hydrogen (secondary N) is 1. The van der Waals surface area contributed by atoms with Crippen molar-refractivity contribution in [1.29, 1.82) is 0 Å². The summed E-state index contributed by atoms with van der Waals surface area (Å²) in [6.07, 6.45) is 3.96. The first-order valence-corrected chi connectivity index (χ1v) is 8.60. The van der Waals surface area contributed by atoms with E-state index in [0.29, 0.717) is 16.3 Å². The molecule has 0 spiro atoms. The van der Waals surface area contributed by atoms with Gasteiger partial charge in [-0.05, 0) is 48.9 Å². The van der Waals surface area contributed by atoms with Crippen LogP contribution < -0.4 is 5.32 Å². The van der Waals surface area contributed by atoms with E-state index >= 15 is 0 Å². The van der Waals surface area contributed by atoms with Crippen molar-refractivity contribution in [2.24, 2.45) is 0 Å². The standard InChI is InChI=1S/C21H16ClN3O/c1-14-6-11-20-24-19(13-25(20)12-14)17-4-2-3-5-18(17)21(26)23-16-9-7-15(22)8-10-16/h2-13H,1H3,(H,23,26). The number of rotatable bonds is 3. The highest BCUT2D eigenvalue weighted by molar-refractivity contribution is 6.30. The van der Waals surface area contributed by atoms with Crippen molar-refractivity contribution in [1.82, 2.24) is 9.38 Å². The van der Waals surface area contributed by atoms with Crippen LogP contribution in [0, 0.1) is 6.92 Å². The number of benzene rings is 2. The molecule has 1 N–H and O–H groups in total. The molecule has 26 heavy (non-hydrogen) atoms. The predicted molar refractivity (Wildman–Crippen MR) is 105 cm³/mol. The number of amides is 1. The third kappa shape index (κ3) is 3.19. The maximum atomic E-state index is 12.8. The highest BCUT2D eigenvalue weighted by Gasteiger charge is 2.15. The number of hydrogen-bond donors (Lipinski definition) is 1. The Kier molecular flexibility index (Phi) is 4.19. The van der Waals surface area contributed by atoms with Gasteiger partial charge in [-0.1, -0.05) is 35.9 Å². The molecule has 0 aliphatic rings. The number of imidazole rings is 1. The lowest BCUT2D eigenvalue weighted by Crippen LogP contribution is -2.13. The average molecular weight is 362 g/mol. The SMILES string of the molecule is Cc1ccc2nc(-c3ccccc3C(=O)Nc3ccc(Cl)cc3)cn2c1. The molecule has 0 saturated carbocycles. The fourth-order valence-corrected chi connectivity index (χ4v) is 2.99. The number of fused-ring (bicyclic) bond motifs is 1. The number of hydrogen-bond acceptors (Lipinski definition) is 2. The lowest BCUT2D eigenvalue weighted by molar-refractivity contribution is 0.102. The molecule has 0 atom stereocenters. The van der Waals surface area contributed by atoms with Gasteiger partial charge in [0.1, 0.15) is 5.65 Å². The molecule has 2 heterocycles. The third-order valence-electron chi connectivity index (χ3n) is 4.15. The van der Waals surface area contributed by atoms with E-state index in [9.17, 15) is 4.79 Å². The Morgan fingerprint density at radius 3 is 2.58 bits per heavy atom. The Bertz CT molecular complexity index is 1100. The van der Waals surface area contributed by atoms with Crippen molar-refractivity contribution in [2.45, 2.75) is 6.92 Å². The number of carbonyl (C=O) groups is 1. The lowest BCUT2D eigenvalue weighted by atomic mass is 10.0. The number of pyridine rings is 1. The smallest absolute Gasteiger partial charge is 0.256 e. The summed E-state index contributed by atoms with van der Waals surface area (Å²) < 4.78 is 1.97. The second-order valence-electron chi connectivity index (χ2n) is 6.10. The number of halogens is 1. The van der Waals surface area contributed by atoms with E-state index < -0.39 is 0 Å². The van der Waals surface area contributed by atoms with Gasteiger partial charge in [-0.3, -0.25) is 4.79 Å². The molecule has 0 aliphatic heterocycles. The van der Waals surface area contributed by atoms with E-state index in [0.717, 1.165) is 22.5 Å². The van der Waals surface area contributed by atoms with Gasteiger partial charge in [0.05, 0.1) is 5.69 Å². The summed E-state index contributed by atoms with van der Waals surface area (Å²) in [5.74, 6) is -0.184. The largest absolute Gasteiger partial charge is 0.322 e. The van der Waals surface area contributed by atoms with Crippen molar-refractivity contribution in [3.05, 3.63) is 89.2 Å². The van der Waals surface area contributed by atoms with Gasteiger partial charge in [0.15, 0.2) is 0 Å². The summed E-state index contributed by atoms with van der Waals surface area (Å²) in [5.41, 5.74) is 4.81. The molecule has 2 aromatic carbocycles. The summed E-state index contributed by atoms with van der Waals surface area (Å²) in [6.45, 7) is 2.03. The Morgan fingerprint density at radius 1 is 1.00 bits per heavy atom. The number of aromatic nitrogens is 2. The molecule has 128 valence electrons. The normalized spacial score (nSPS) is 10.8. The van der Waals surface area contributed by atoms with Crippen LogP contribution in [0.25, 0.3) is 16.9 Å². The topological polar surface area (TPSA) is 46.4 Å². The molecule has 0 radical (unpaired) electrons. The molecule has 4 nitrogen and oxygen atoms in total. The number of nitrogens with zero attached hydrogens (tertiary/aromatic N) is 2. The molecule has 1 amide bonds. The predicted octanol–water partition coefficient (Wildman–Crippen LogP) is 5.22. The van der Waals surface area contributed by atoms with E-state index in [2.05, 4.69) is 10.3 Å². The summed E-state index contributed by atoms with van der Waals surface area (Å²) in [6, 6.07) is 18.5. The maximum Gasteiger partial charge on any atom is 0.256 e. The van der Waals surface area contributed by atoms with E-state index in [-0.39, 0.29) is 5.91 Å². The summed E-state index contributed by atoms with van der Waals surface area (Å²) in [7, 11) is 0. The lowest BCUT2D eigenvalue weighted by Gasteiger charge is -2.09. The molecule has 4 aromatic rings. The van der Waals surface area contributed by atoms with E-state index in [4.69, 9.17) is 11.6 Å². The summed E-state index contributed by atoms with van der Waals surface area (Å²) in [5, 5.41) is 3.53. The number of carbonyl (C=O) groups excluding carboxylic acids is 1. The van der Waals surface area contributed by atoms with E-state index in [1.165, 1.54) is 0 Å². The zero-order chi connectivity index (χ0) is 18.1. The zero-order valence-electron chi connectivity index (χ0n) is 14.1. The quantitative estimate of drug-likeness (QED) is 0.544. The summed E-state index contributed by atoms with van der Waals surface area (Å²) >= 11 is 5.90. The van der Waals surface area contributed by atoms with Crippen molar-refractivity contribution >= 4 is 28.8 Å². The molecule has 0 saturated heterocycles. The molecule has 0 aliphatic carbocycles. The minimum atomic E-state index is -0.184. The van der Waals surface area contributed by atoms with Crippen LogP contribution in [0.1, 0.15) is 15.9 Å². The Hall–Kier alpha value is -3.11. The van der Waals surface area contributed by atoms with E-state index in [1.807, 2.05) is 54.0 Å². The molecule has 2 aromatic heterocycles. The van der Waals surface area contributed by atoms with Crippen LogP contribution in [0.5, 0.6) is 0 Å². The first kappa shape index (κ1) is 16.4. The Labute approximate surface area is 156 Å². The van der Waals surface area contributed by atoms with Crippen LogP contribution >= 0.6 is 11.6 Å². The van der Waals surface area contributed by atoms with Crippen molar-refractivity contribution in [3.63, 3.8) is 0 Å². The monoisotopic (exact) mass is 361 g/mol. The second-order valence-corrected chi connectivity index (χ2v) is 6.54. The Morgan fingerprint density at radius 2 is 1.77 bits per heavy atom. The van der Waals surface area contributed by atoms with Gasteiger partial charge in [0.2, 0.25) is 0 Å². The van der Waals surface area contributed by atoms with Crippen molar-refractivity contribution < 1.29 is 4.79 Å². The molecular formula is C21H16ClN3O.